The molecule has 27 heavy (non-hydrogen) atoms. The summed E-state index contributed by atoms with van der Waals surface area (Å²) in [4.78, 5) is 24.3. The van der Waals surface area contributed by atoms with Crippen LogP contribution in [-0.2, 0) is 4.79 Å². The number of nitrogens with one attached hydrogen (secondary N) is 2. The summed E-state index contributed by atoms with van der Waals surface area (Å²) in [7, 11) is 0. The Morgan fingerprint density at radius 2 is 1.78 bits per heavy atom. The number of rotatable bonds is 8. The first kappa shape index (κ1) is 19.1. The fourth-order valence-corrected chi connectivity index (χ4v) is 3.24. The van der Waals surface area contributed by atoms with Crippen LogP contribution in [0.3, 0.4) is 0 Å². The van der Waals surface area contributed by atoms with Gasteiger partial charge in [0.25, 0.3) is 5.91 Å². The molecule has 5 heteroatoms. The Morgan fingerprint density at radius 1 is 1.04 bits per heavy atom. The highest BCUT2D eigenvalue weighted by atomic mass is 16.5. The van der Waals surface area contributed by atoms with Gasteiger partial charge < -0.3 is 15.4 Å². The molecule has 1 aliphatic heterocycles. The zero-order valence-electron chi connectivity index (χ0n) is 15.4. The molecular formula is C22H26N2O3. The van der Waals surface area contributed by atoms with E-state index in [1.54, 1.807) is 36.4 Å². The van der Waals surface area contributed by atoms with Crippen LogP contribution in [0, 0.1) is 5.92 Å². The monoisotopic (exact) mass is 366 g/mol. The molecule has 1 saturated heterocycles. The zero-order chi connectivity index (χ0) is 18.9. The largest absolute Gasteiger partial charge is 0.484 e. The Morgan fingerprint density at radius 3 is 2.48 bits per heavy atom. The van der Waals surface area contributed by atoms with Gasteiger partial charge in [0.1, 0.15) is 5.75 Å². The van der Waals surface area contributed by atoms with Crippen molar-refractivity contribution in [1.82, 2.24) is 10.6 Å². The molecule has 1 atom stereocenters. The van der Waals surface area contributed by atoms with E-state index in [1.165, 1.54) is 12.8 Å². The summed E-state index contributed by atoms with van der Waals surface area (Å²) in [5.74, 6) is 1.07. The molecule has 5 nitrogen and oxygen atoms in total. The number of ether oxygens (including phenoxy) is 1. The number of carbonyl (C=O) groups is 2. The van der Waals surface area contributed by atoms with Gasteiger partial charge in [-0.3, -0.25) is 9.59 Å². The second-order valence-electron chi connectivity index (χ2n) is 6.86. The van der Waals surface area contributed by atoms with Gasteiger partial charge in [0.2, 0.25) is 0 Å². The van der Waals surface area contributed by atoms with Gasteiger partial charge in [-0.1, -0.05) is 30.3 Å². The minimum Gasteiger partial charge on any atom is -0.484 e. The van der Waals surface area contributed by atoms with Crippen LogP contribution in [-0.4, -0.2) is 37.9 Å². The van der Waals surface area contributed by atoms with E-state index in [0.717, 1.165) is 19.5 Å². The lowest BCUT2D eigenvalue weighted by Gasteiger charge is -2.22. The maximum Gasteiger partial charge on any atom is 0.257 e. The van der Waals surface area contributed by atoms with E-state index in [0.29, 0.717) is 29.3 Å². The standard InChI is InChI=1S/C22H26N2O3/c25-21(24-14-12-17-5-4-13-23-15-17)16-27-20-10-8-19(9-11-20)22(26)18-6-2-1-3-7-18/h1-3,6-11,17,23H,4-5,12-16H2,(H,24,25). The number of piperidine rings is 1. The SMILES string of the molecule is O=C(COc1ccc(C(=O)c2ccccc2)cc1)NCCC1CCCNC1. The number of hydrogen-bond donors (Lipinski definition) is 2. The molecule has 142 valence electrons. The third-order valence-electron chi connectivity index (χ3n) is 4.80. The minimum atomic E-state index is -0.122. The molecule has 0 saturated carbocycles. The summed E-state index contributed by atoms with van der Waals surface area (Å²) in [5.41, 5.74) is 1.25. The van der Waals surface area contributed by atoms with E-state index < -0.39 is 0 Å². The van der Waals surface area contributed by atoms with Gasteiger partial charge in [0, 0.05) is 17.7 Å². The lowest BCUT2D eigenvalue weighted by Crippen LogP contribution is -2.34. The molecule has 1 fully saturated rings. The predicted octanol–water partition coefficient (Wildman–Crippen LogP) is 2.80. The lowest BCUT2D eigenvalue weighted by atomic mass is 9.96. The number of carbonyl (C=O) groups excluding carboxylic acids is 2. The molecular weight excluding hydrogens is 340 g/mol. The van der Waals surface area contributed by atoms with Crippen LogP contribution in [0.1, 0.15) is 35.2 Å². The van der Waals surface area contributed by atoms with Crippen molar-refractivity contribution in [2.24, 2.45) is 5.92 Å². The molecule has 0 spiro atoms. The number of hydrogen-bond acceptors (Lipinski definition) is 4. The van der Waals surface area contributed by atoms with E-state index in [9.17, 15) is 9.59 Å². The molecule has 2 N–H and O–H groups in total. The Kier molecular flexibility index (Phi) is 6.99. The lowest BCUT2D eigenvalue weighted by molar-refractivity contribution is -0.123. The first-order chi connectivity index (χ1) is 13.2. The second-order valence-corrected chi connectivity index (χ2v) is 6.86. The fraction of sp³-hybridized carbons (Fsp3) is 0.364. The second kappa shape index (κ2) is 9.88. The highest BCUT2D eigenvalue weighted by Crippen LogP contribution is 2.16. The third-order valence-corrected chi connectivity index (χ3v) is 4.80. The molecule has 2 aromatic carbocycles. The molecule has 0 bridgehead atoms. The number of benzene rings is 2. The summed E-state index contributed by atoms with van der Waals surface area (Å²) in [6.07, 6.45) is 3.44. The Hall–Kier alpha value is -2.66. The average molecular weight is 366 g/mol. The van der Waals surface area contributed by atoms with Crippen molar-refractivity contribution in [3.8, 4) is 5.75 Å². The molecule has 1 amide bonds. The van der Waals surface area contributed by atoms with Crippen LogP contribution in [0.15, 0.2) is 54.6 Å². The Labute approximate surface area is 160 Å². The van der Waals surface area contributed by atoms with Crippen molar-refractivity contribution in [2.45, 2.75) is 19.3 Å². The molecule has 0 radical (unpaired) electrons. The summed E-state index contributed by atoms with van der Waals surface area (Å²) in [5, 5.41) is 6.29. The summed E-state index contributed by atoms with van der Waals surface area (Å²) in [6.45, 7) is 2.81. The van der Waals surface area contributed by atoms with Crippen molar-refractivity contribution in [2.75, 3.05) is 26.2 Å². The van der Waals surface area contributed by atoms with Crippen LogP contribution >= 0.6 is 0 Å². The molecule has 2 aromatic rings. The van der Waals surface area contributed by atoms with Crippen molar-refractivity contribution >= 4 is 11.7 Å². The van der Waals surface area contributed by atoms with Gasteiger partial charge in [-0.05, 0) is 62.5 Å². The molecule has 1 heterocycles. The third kappa shape index (κ3) is 5.93. The minimum absolute atomic E-state index is 0.0190. The fourth-order valence-electron chi connectivity index (χ4n) is 3.24. The molecule has 0 aliphatic carbocycles. The van der Waals surface area contributed by atoms with Crippen LogP contribution in [0.2, 0.25) is 0 Å². The zero-order valence-corrected chi connectivity index (χ0v) is 15.4. The van der Waals surface area contributed by atoms with Gasteiger partial charge in [-0.2, -0.15) is 0 Å². The van der Waals surface area contributed by atoms with Gasteiger partial charge in [-0.15, -0.1) is 0 Å². The van der Waals surface area contributed by atoms with Gasteiger partial charge >= 0.3 is 0 Å². The summed E-state index contributed by atoms with van der Waals surface area (Å²) in [6, 6.07) is 16.0. The maximum atomic E-state index is 12.4. The van der Waals surface area contributed by atoms with Crippen LogP contribution in [0.4, 0.5) is 0 Å². The van der Waals surface area contributed by atoms with Crippen molar-refractivity contribution in [1.29, 1.82) is 0 Å². The molecule has 0 aromatic heterocycles. The summed E-state index contributed by atoms with van der Waals surface area (Å²) >= 11 is 0. The van der Waals surface area contributed by atoms with Crippen molar-refractivity contribution in [3.63, 3.8) is 0 Å². The number of amides is 1. The van der Waals surface area contributed by atoms with E-state index in [4.69, 9.17) is 4.74 Å². The van der Waals surface area contributed by atoms with Crippen molar-refractivity contribution < 1.29 is 14.3 Å². The van der Waals surface area contributed by atoms with Gasteiger partial charge in [0.15, 0.2) is 12.4 Å². The molecule has 1 aliphatic rings. The smallest absolute Gasteiger partial charge is 0.257 e. The normalized spacial score (nSPS) is 16.5. The van der Waals surface area contributed by atoms with E-state index >= 15 is 0 Å². The van der Waals surface area contributed by atoms with E-state index in [1.807, 2.05) is 18.2 Å². The highest BCUT2D eigenvalue weighted by molar-refractivity contribution is 6.08. The Balaban J connectivity index is 1.40. The van der Waals surface area contributed by atoms with Gasteiger partial charge in [0.05, 0.1) is 0 Å². The molecule has 1 unspecified atom stereocenters. The maximum absolute atomic E-state index is 12.4. The quantitative estimate of drug-likeness (QED) is 0.705. The van der Waals surface area contributed by atoms with Crippen LogP contribution < -0.4 is 15.4 Å². The van der Waals surface area contributed by atoms with Crippen LogP contribution in [0.25, 0.3) is 0 Å². The number of ketones is 1. The van der Waals surface area contributed by atoms with Crippen LogP contribution in [0.5, 0.6) is 5.75 Å². The van der Waals surface area contributed by atoms with Gasteiger partial charge in [-0.25, -0.2) is 0 Å². The molecule has 3 rings (SSSR count). The summed E-state index contributed by atoms with van der Waals surface area (Å²) < 4.78 is 5.52. The van der Waals surface area contributed by atoms with E-state index in [-0.39, 0.29) is 18.3 Å². The van der Waals surface area contributed by atoms with Crippen molar-refractivity contribution in [3.05, 3.63) is 65.7 Å². The predicted molar refractivity (Wildman–Crippen MR) is 105 cm³/mol. The van der Waals surface area contributed by atoms with E-state index in [2.05, 4.69) is 10.6 Å². The Bertz CT molecular complexity index is 738. The average Bonchev–Trinajstić information content (AvgIpc) is 2.73. The topological polar surface area (TPSA) is 67.4 Å². The first-order valence-corrected chi connectivity index (χ1v) is 9.52. The first-order valence-electron chi connectivity index (χ1n) is 9.52. The highest BCUT2D eigenvalue weighted by Gasteiger charge is 2.13.